The molecule has 2 amide bonds. The Hall–Kier alpha value is -2.41. The summed E-state index contributed by atoms with van der Waals surface area (Å²) < 4.78 is 2.11. The number of nitrogens with zero attached hydrogens (tertiary/aromatic N) is 3. The highest BCUT2D eigenvalue weighted by Crippen LogP contribution is 2.17. The highest BCUT2D eigenvalue weighted by molar-refractivity contribution is 5.79. The van der Waals surface area contributed by atoms with E-state index in [1.54, 1.807) is 0 Å². The Morgan fingerprint density at radius 1 is 1.35 bits per heavy atom. The lowest BCUT2D eigenvalue weighted by atomic mass is 9.97. The largest absolute Gasteiger partial charge is 0.369 e. The fourth-order valence-corrected chi connectivity index (χ4v) is 3.65. The zero-order valence-corrected chi connectivity index (χ0v) is 15.3. The standard InChI is InChI=1S/C19H27N5O2/c1-23-16-8-3-2-7-15(16)22-18(23)9-4-10-21-19(26)14-6-5-11-24(12-14)13-17(20)25/h2-3,7-8,14H,4-6,9-13H2,1H3,(H2,20,25)(H,21,26)/t14-/m1/s1. The molecule has 140 valence electrons. The maximum absolute atomic E-state index is 12.4. The zero-order chi connectivity index (χ0) is 18.5. The Bertz CT molecular complexity index is 785. The van der Waals surface area contributed by atoms with E-state index in [1.807, 2.05) is 30.1 Å². The van der Waals surface area contributed by atoms with Crippen LogP contribution in [-0.4, -0.2) is 52.4 Å². The van der Waals surface area contributed by atoms with Crippen LogP contribution in [0.25, 0.3) is 11.0 Å². The zero-order valence-electron chi connectivity index (χ0n) is 15.3. The van der Waals surface area contributed by atoms with Crippen LogP contribution in [0.3, 0.4) is 0 Å². The van der Waals surface area contributed by atoms with Gasteiger partial charge in [-0.25, -0.2) is 4.98 Å². The Morgan fingerprint density at radius 2 is 2.15 bits per heavy atom. The smallest absolute Gasteiger partial charge is 0.231 e. The molecule has 7 heteroatoms. The molecule has 2 heterocycles. The fraction of sp³-hybridized carbons (Fsp3) is 0.526. The first-order valence-electron chi connectivity index (χ1n) is 9.23. The highest BCUT2D eigenvalue weighted by Gasteiger charge is 2.26. The average molecular weight is 357 g/mol. The number of rotatable bonds is 7. The van der Waals surface area contributed by atoms with Crippen LogP contribution < -0.4 is 11.1 Å². The second-order valence-corrected chi connectivity index (χ2v) is 7.01. The molecule has 1 saturated heterocycles. The molecule has 0 spiro atoms. The number of carbonyl (C=O) groups excluding carboxylic acids is 2. The molecule has 0 bridgehead atoms. The molecule has 7 nitrogen and oxygen atoms in total. The van der Waals surface area contributed by atoms with Crippen LogP contribution in [-0.2, 0) is 23.1 Å². The molecular weight excluding hydrogens is 330 g/mol. The van der Waals surface area contributed by atoms with Crippen molar-refractivity contribution in [3.63, 3.8) is 0 Å². The summed E-state index contributed by atoms with van der Waals surface area (Å²) in [6, 6.07) is 8.08. The van der Waals surface area contributed by atoms with E-state index in [0.29, 0.717) is 13.1 Å². The number of carbonyl (C=O) groups is 2. The van der Waals surface area contributed by atoms with Gasteiger partial charge < -0.3 is 15.6 Å². The summed E-state index contributed by atoms with van der Waals surface area (Å²) in [5.41, 5.74) is 7.38. The number of hydrogen-bond donors (Lipinski definition) is 2. The summed E-state index contributed by atoms with van der Waals surface area (Å²) in [6.45, 7) is 2.31. The van der Waals surface area contributed by atoms with Gasteiger partial charge in [-0.15, -0.1) is 0 Å². The number of likely N-dealkylation sites (tertiary alicyclic amines) is 1. The molecule has 1 aliphatic rings. The third-order valence-electron chi connectivity index (χ3n) is 5.01. The van der Waals surface area contributed by atoms with Crippen molar-refractivity contribution in [2.45, 2.75) is 25.7 Å². The van der Waals surface area contributed by atoms with Crippen molar-refractivity contribution in [2.24, 2.45) is 18.7 Å². The SMILES string of the molecule is Cn1c(CCCNC(=O)[C@@H]2CCCN(CC(N)=O)C2)nc2ccccc21. The van der Waals surface area contributed by atoms with E-state index >= 15 is 0 Å². The number of amides is 2. The molecule has 1 fully saturated rings. The quantitative estimate of drug-likeness (QED) is 0.718. The summed E-state index contributed by atoms with van der Waals surface area (Å²) in [4.78, 5) is 30.1. The minimum absolute atomic E-state index is 0.0566. The number of hydrogen-bond acceptors (Lipinski definition) is 4. The molecule has 0 saturated carbocycles. The summed E-state index contributed by atoms with van der Waals surface area (Å²) in [5.74, 6) is 0.710. The Labute approximate surface area is 153 Å². The van der Waals surface area contributed by atoms with Gasteiger partial charge in [-0.1, -0.05) is 12.1 Å². The van der Waals surface area contributed by atoms with Crippen LogP contribution in [0.2, 0.25) is 0 Å². The highest BCUT2D eigenvalue weighted by atomic mass is 16.2. The van der Waals surface area contributed by atoms with Gasteiger partial charge in [0.05, 0.1) is 23.5 Å². The minimum atomic E-state index is -0.339. The molecule has 1 aromatic carbocycles. The van der Waals surface area contributed by atoms with Crippen LogP contribution in [0.4, 0.5) is 0 Å². The predicted molar refractivity (Wildman–Crippen MR) is 100 cm³/mol. The molecule has 1 atom stereocenters. The normalized spacial score (nSPS) is 18.1. The van der Waals surface area contributed by atoms with Crippen LogP contribution in [0.1, 0.15) is 25.1 Å². The Kier molecular flexibility index (Phi) is 5.88. The topological polar surface area (TPSA) is 93.3 Å². The monoisotopic (exact) mass is 357 g/mol. The van der Waals surface area contributed by atoms with Gasteiger partial charge in [0.15, 0.2) is 0 Å². The first kappa shape index (κ1) is 18.4. The number of piperidine rings is 1. The van der Waals surface area contributed by atoms with Crippen molar-refractivity contribution < 1.29 is 9.59 Å². The van der Waals surface area contributed by atoms with Gasteiger partial charge in [-0.2, -0.15) is 0 Å². The van der Waals surface area contributed by atoms with Gasteiger partial charge >= 0.3 is 0 Å². The lowest BCUT2D eigenvalue weighted by Crippen LogP contribution is -2.45. The Balaban J connectivity index is 1.44. The lowest BCUT2D eigenvalue weighted by Gasteiger charge is -2.30. The molecule has 0 unspecified atom stereocenters. The molecule has 1 aromatic heterocycles. The van der Waals surface area contributed by atoms with E-state index in [4.69, 9.17) is 5.73 Å². The van der Waals surface area contributed by atoms with Gasteiger partial charge in [0.2, 0.25) is 11.8 Å². The van der Waals surface area contributed by atoms with Gasteiger partial charge in [0.25, 0.3) is 0 Å². The number of fused-ring (bicyclic) bond motifs is 1. The Morgan fingerprint density at radius 3 is 2.92 bits per heavy atom. The number of imidazole rings is 1. The first-order valence-corrected chi connectivity index (χ1v) is 9.23. The van der Waals surface area contributed by atoms with Gasteiger partial charge in [0.1, 0.15) is 5.82 Å². The van der Waals surface area contributed by atoms with Crippen molar-refractivity contribution in [1.82, 2.24) is 19.8 Å². The number of aromatic nitrogens is 2. The first-order chi connectivity index (χ1) is 12.5. The summed E-state index contributed by atoms with van der Waals surface area (Å²) in [7, 11) is 2.03. The van der Waals surface area contributed by atoms with E-state index in [9.17, 15) is 9.59 Å². The van der Waals surface area contributed by atoms with E-state index < -0.39 is 0 Å². The second-order valence-electron chi connectivity index (χ2n) is 7.01. The summed E-state index contributed by atoms with van der Waals surface area (Å²) in [6.07, 6.45) is 3.46. The number of nitrogens with one attached hydrogen (secondary N) is 1. The number of aryl methyl sites for hydroxylation is 2. The van der Waals surface area contributed by atoms with Gasteiger partial charge in [-0.05, 0) is 37.9 Å². The predicted octanol–water partition coefficient (Wildman–Crippen LogP) is 0.819. The molecule has 3 N–H and O–H groups in total. The van der Waals surface area contributed by atoms with E-state index in [-0.39, 0.29) is 24.3 Å². The molecule has 0 radical (unpaired) electrons. The van der Waals surface area contributed by atoms with E-state index in [0.717, 1.165) is 49.1 Å². The third kappa shape index (κ3) is 4.40. The summed E-state index contributed by atoms with van der Waals surface area (Å²) >= 11 is 0. The second kappa shape index (κ2) is 8.31. The van der Waals surface area contributed by atoms with Gasteiger partial charge in [0, 0.05) is 26.6 Å². The molecular formula is C19H27N5O2. The van der Waals surface area contributed by atoms with Crippen molar-refractivity contribution in [2.75, 3.05) is 26.2 Å². The molecule has 1 aliphatic heterocycles. The maximum Gasteiger partial charge on any atom is 0.231 e. The minimum Gasteiger partial charge on any atom is -0.369 e. The van der Waals surface area contributed by atoms with Crippen LogP contribution in [0.15, 0.2) is 24.3 Å². The third-order valence-corrected chi connectivity index (χ3v) is 5.01. The number of benzene rings is 1. The number of para-hydroxylation sites is 2. The van der Waals surface area contributed by atoms with E-state index in [2.05, 4.69) is 20.9 Å². The average Bonchev–Trinajstić information content (AvgIpc) is 2.94. The van der Waals surface area contributed by atoms with E-state index in [1.165, 1.54) is 0 Å². The molecule has 26 heavy (non-hydrogen) atoms. The number of primary amides is 1. The summed E-state index contributed by atoms with van der Waals surface area (Å²) in [5, 5.41) is 3.03. The number of nitrogens with two attached hydrogens (primary N) is 1. The lowest BCUT2D eigenvalue weighted by molar-refractivity contribution is -0.128. The fourth-order valence-electron chi connectivity index (χ4n) is 3.65. The molecule has 3 rings (SSSR count). The van der Waals surface area contributed by atoms with Crippen molar-refractivity contribution in [3.8, 4) is 0 Å². The van der Waals surface area contributed by atoms with Crippen molar-refractivity contribution in [3.05, 3.63) is 30.1 Å². The maximum atomic E-state index is 12.4. The van der Waals surface area contributed by atoms with Crippen LogP contribution in [0, 0.1) is 5.92 Å². The van der Waals surface area contributed by atoms with Crippen molar-refractivity contribution >= 4 is 22.8 Å². The van der Waals surface area contributed by atoms with Crippen LogP contribution >= 0.6 is 0 Å². The van der Waals surface area contributed by atoms with Crippen LogP contribution in [0.5, 0.6) is 0 Å². The van der Waals surface area contributed by atoms with Crippen molar-refractivity contribution in [1.29, 1.82) is 0 Å². The van der Waals surface area contributed by atoms with Gasteiger partial charge in [-0.3, -0.25) is 14.5 Å². The molecule has 2 aromatic rings. The molecule has 0 aliphatic carbocycles.